The number of rotatable bonds is 6. The summed E-state index contributed by atoms with van der Waals surface area (Å²) in [5.74, 6) is 0.386. The molecular weight excluding hydrogens is 365 g/mol. The van der Waals surface area contributed by atoms with Gasteiger partial charge in [0.25, 0.3) is 0 Å². The van der Waals surface area contributed by atoms with Crippen LogP contribution in [0.1, 0.15) is 12.7 Å². The molecule has 1 amide bonds. The number of para-hydroxylation sites is 1. The van der Waals surface area contributed by atoms with Crippen molar-refractivity contribution in [3.63, 3.8) is 0 Å². The molecule has 2 heterocycles. The van der Waals surface area contributed by atoms with E-state index in [2.05, 4.69) is 26.0 Å². The van der Waals surface area contributed by atoms with Gasteiger partial charge in [-0.25, -0.2) is 4.39 Å². The van der Waals surface area contributed by atoms with Gasteiger partial charge < -0.3 is 15.2 Å². The largest absolute Gasteiger partial charge is 0.360 e. The van der Waals surface area contributed by atoms with Crippen LogP contribution in [0.2, 0.25) is 0 Å². The summed E-state index contributed by atoms with van der Waals surface area (Å²) in [6, 6.07) is 7.94. The first-order valence-electron chi connectivity index (χ1n) is 7.27. The zero-order valence-corrected chi connectivity index (χ0v) is 14.9. The smallest absolute Gasteiger partial charge is 0.238 e. The van der Waals surface area contributed by atoms with Crippen LogP contribution in [0, 0.1) is 12.7 Å². The second kappa shape index (κ2) is 7.62. The van der Waals surface area contributed by atoms with Crippen LogP contribution in [-0.2, 0) is 4.79 Å². The lowest BCUT2D eigenvalue weighted by Gasteiger charge is -2.07. The fourth-order valence-electron chi connectivity index (χ4n) is 1.84. The number of nitrogens with one attached hydrogen (secondary N) is 2. The first-order chi connectivity index (χ1) is 12.0. The van der Waals surface area contributed by atoms with E-state index in [1.54, 1.807) is 38.1 Å². The van der Waals surface area contributed by atoms with Gasteiger partial charge >= 0.3 is 0 Å². The molecule has 0 radical (unpaired) electrons. The number of hydrogen-bond donors (Lipinski definition) is 2. The van der Waals surface area contributed by atoms with Gasteiger partial charge in [0.15, 0.2) is 10.2 Å². The normalized spacial score (nSPS) is 12.0. The number of nitrogens with zero attached hydrogens (tertiary/aromatic N) is 3. The van der Waals surface area contributed by atoms with Gasteiger partial charge in [-0.3, -0.25) is 4.79 Å². The summed E-state index contributed by atoms with van der Waals surface area (Å²) in [7, 11) is 0. The van der Waals surface area contributed by atoms with Crippen molar-refractivity contribution in [1.82, 2.24) is 15.4 Å². The summed E-state index contributed by atoms with van der Waals surface area (Å²) in [5, 5.41) is 17.3. The minimum atomic E-state index is -0.411. The van der Waals surface area contributed by atoms with Gasteiger partial charge in [-0.15, -0.1) is 10.2 Å². The Morgan fingerprint density at radius 1 is 1.36 bits per heavy atom. The topological polar surface area (TPSA) is 92.9 Å². The highest BCUT2D eigenvalue weighted by Crippen LogP contribution is 2.31. The molecule has 0 unspecified atom stereocenters. The number of halogens is 1. The molecule has 0 aliphatic rings. The molecule has 7 nitrogen and oxygen atoms in total. The van der Waals surface area contributed by atoms with Gasteiger partial charge in [0.2, 0.25) is 11.0 Å². The van der Waals surface area contributed by atoms with E-state index in [0.29, 0.717) is 26.7 Å². The Morgan fingerprint density at radius 3 is 2.88 bits per heavy atom. The molecule has 10 heteroatoms. The van der Waals surface area contributed by atoms with Crippen LogP contribution in [0.5, 0.6) is 0 Å². The standard InChI is InChI=1S/C15H14FN5O2S2/c1-8-7-12(21-23-8)18-13(22)9(2)24-15-20-19-14(25-15)17-11-6-4-3-5-10(11)16/h3-7,9H,1-2H3,(H,17,19)(H,18,21,22)/t9-/m1/s1. The van der Waals surface area contributed by atoms with Crippen molar-refractivity contribution in [3.8, 4) is 0 Å². The summed E-state index contributed by atoms with van der Waals surface area (Å²) < 4.78 is 19.1. The van der Waals surface area contributed by atoms with Crippen LogP contribution < -0.4 is 10.6 Å². The maximum Gasteiger partial charge on any atom is 0.238 e. The summed E-state index contributed by atoms with van der Waals surface area (Å²) in [5.41, 5.74) is 0.322. The minimum Gasteiger partial charge on any atom is -0.360 e. The predicted molar refractivity (Wildman–Crippen MR) is 94.8 cm³/mol. The molecule has 0 spiro atoms. The zero-order valence-electron chi connectivity index (χ0n) is 13.3. The van der Waals surface area contributed by atoms with E-state index in [4.69, 9.17) is 4.52 Å². The Bertz CT molecular complexity index is 882. The van der Waals surface area contributed by atoms with Crippen molar-refractivity contribution < 1.29 is 13.7 Å². The quantitative estimate of drug-likeness (QED) is 0.629. The Morgan fingerprint density at radius 2 is 2.16 bits per heavy atom. The summed E-state index contributed by atoms with van der Waals surface area (Å²) in [4.78, 5) is 12.1. The van der Waals surface area contributed by atoms with Gasteiger partial charge in [-0.05, 0) is 26.0 Å². The monoisotopic (exact) mass is 379 g/mol. The number of thioether (sulfide) groups is 1. The molecule has 2 N–H and O–H groups in total. The fraction of sp³-hybridized carbons (Fsp3) is 0.200. The lowest BCUT2D eigenvalue weighted by molar-refractivity contribution is -0.115. The second-order valence-corrected chi connectivity index (χ2v) is 7.62. The number of aromatic nitrogens is 3. The molecule has 0 saturated heterocycles. The molecule has 0 aliphatic heterocycles. The van der Waals surface area contributed by atoms with Gasteiger partial charge in [0.1, 0.15) is 11.6 Å². The van der Waals surface area contributed by atoms with Gasteiger partial charge in [-0.1, -0.05) is 40.4 Å². The Hall–Kier alpha value is -2.46. The molecule has 2 aromatic heterocycles. The van der Waals surface area contributed by atoms with Gasteiger partial charge in [-0.2, -0.15) is 0 Å². The Labute approximate surface area is 151 Å². The predicted octanol–water partition coefficient (Wildman–Crippen LogP) is 3.84. The van der Waals surface area contributed by atoms with E-state index in [1.807, 2.05) is 0 Å². The molecule has 25 heavy (non-hydrogen) atoms. The van der Waals surface area contributed by atoms with Crippen LogP contribution in [0.25, 0.3) is 0 Å². The molecule has 130 valence electrons. The Balaban J connectivity index is 1.59. The van der Waals surface area contributed by atoms with Crippen molar-refractivity contribution in [1.29, 1.82) is 0 Å². The number of hydrogen-bond acceptors (Lipinski definition) is 8. The number of anilines is 3. The van der Waals surface area contributed by atoms with Crippen LogP contribution in [0.3, 0.4) is 0 Å². The van der Waals surface area contributed by atoms with Crippen molar-refractivity contribution in [2.24, 2.45) is 0 Å². The van der Waals surface area contributed by atoms with Crippen LogP contribution in [0.15, 0.2) is 39.2 Å². The van der Waals surface area contributed by atoms with E-state index in [0.717, 1.165) is 0 Å². The third-order valence-electron chi connectivity index (χ3n) is 3.05. The maximum absolute atomic E-state index is 13.6. The SMILES string of the molecule is Cc1cc(NC(=O)[C@@H](C)Sc2nnc(Nc3ccccc3F)s2)no1. The Kier molecular flexibility index (Phi) is 5.29. The average molecular weight is 379 g/mol. The van der Waals surface area contributed by atoms with E-state index in [-0.39, 0.29) is 11.7 Å². The highest BCUT2D eigenvalue weighted by atomic mass is 32.2. The molecule has 0 fully saturated rings. The molecule has 0 bridgehead atoms. The van der Waals surface area contributed by atoms with Crippen molar-refractivity contribution in [3.05, 3.63) is 41.9 Å². The first kappa shape index (κ1) is 17.4. The third kappa shape index (κ3) is 4.54. The number of benzene rings is 1. The van der Waals surface area contributed by atoms with Crippen molar-refractivity contribution in [2.75, 3.05) is 10.6 Å². The molecule has 0 saturated carbocycles. The van der Waals surface area contributed by atoms with E-state index >= 15 is 0 Å². The van der Waals surface area contributed by atoms with E-state index < -0.39 is 5.25 Å². The molecule has 1 atom stereocenters. The van der Waals surface area contributed by atoms with Gasteiger partial charge in [0, 0.05) is 6.07 Å². The summed E-state index contributed by atoms with van der Waals surface area (Å²) in [6.07, 6.45) is 0. The molecular formula is C15H14FN5O2S2. The molecule has 0 aliphatic carbocycles. The fourth-order valence-corrected chi connectivity index (χ4v) is 3.75. The number of carbonyl (C=O) groups is 1. The zero-order chi connectivity index (χ0) is 17.8. The van der Waals surface area contributed by atoms with Crippen LogP contribution in [-0.4, -0.2) is 26.5 Å². The lowest BCUT2D eigenvalue weighted by atomic mass is 10.3. The number of aryl methyl sites for hydroxylation is 1. The van der Waals surface area contributed by atoms with Gasteiger partial charge in [0.05, 0.1) is 10.9 Å². The van der Waals surface area contributed by atoms with E-state index in [9.17, 15) is 9.18 Å². The van der Waals surface area contributed by atoms with Crippen LogP contribution >= 0.6 is 23.1 Å². The second-order valence-electron chi connectivity index (χ2n) is 5.05. The highest BCUT2D eigenvalue weighted by Gasteiger charge is 2.18. The number of carbonyl (C=O) groups excluding carboxylic acids is 1. The lowest BCUT2D eigenvalue weighted by Crippen LogP contribution is -2.22. The summed E-state index contributed by atoms with van der Waals surface area (Å²) >= 11 is 2.50. The molecule has 3 aromatic rings. The molecule has 3 rings (SSSR count). The van der Waals surface area contributed by atoms with E-state index in [1.165, 1.54) is 29.2 Å². The van der Waals surface area contributed by atoms with Crippen molar-refractivity contribution in [2.45, 2.75) is 23.4 Å². The molecule has 1 aromatic carbocycles. The highest BCUT2D eigenvalue weighted by molar-refractivity contribution is 8.02. The van der Waals surface area contributed by atoms with Crippen molar-refractivity contribution >= 4 is 45.6 Å². The third-order valence-corrected chi connectivity index (χ3v) is 5.07. The first-order valence-corrected chi connectivity index (χ1v) is 8.97. The maximum atomic E-state index is 13.6. The number of amides is 1. The average Bonchev–Trinajstić information content (AvgIpc) is 3.18. The minimum absolute atomic E-state index is 0.225. The summed E-state index contributed by atoms with van der Waals surface area (Å²) in [6.45, 7) is 3.49. The van der Waals surface area contributed by atoms with Crippen LogP contribution in [0.4, 0.5) is 21.0 Å².